The zero-order chi connectivity index (χ0) is 11.9. The number of nitrogens with zero attached hydrogens (tertiary/aromatic N) is 1. The van der Waals surface area contributed by atoms with Gasteiger partial charge in [0.15, 0.2) is 0 Å². The summed E-state index contributed by atoms with van der Waals surface area (Å²) in [6.45, 7) is 10.7. The summed E-state index contributed by atoms with van der Waals surface area (Å²) in [5.74, 6) is 0. The monoisotopic (exact) mass is 225 g/mol. The van der Waals surface area contributed by atoms with Crippen molar-refractivity contribution in [3.8, 4) is 0 Å². The molecule has 1 aliphatic rings. The first-order chi connectivity index (χ1) is 7.67. The summed E-state index contributed by atoms with van der Waals surface area (Å²) in [5, 5.41) is 0. The van der Waals surface area contributed by atoms with E-state index < -0.39 is 0 Å². The third-order valence-corrected chi connectivity index (χ3v) is 3.33. The highest BCUT2D eigenvalue weighted by atomic mass is 16.5. The Hall–Kier alpha value is -0.340. The standard InChI is InChI=1S/C14H27NO/c1-4-5-6-7-8-9-14(2,3)15-10-12-16-13-11-15/h8-9H,4-7,10-13H2,1-3H3. The Balaban J connectivity index is 2.31. The minimum atomic E-state index is 0.190. The lowest BCUT2D eigenvalue weighted by Gasteiger charge is -2.38. The number of unbranched alkanes of at least 4 members (excludes halogenated alkanes) is 3. The predicted octanol–water partition coefficient (Wildman–Crippen LogP) is 3.23. The molecule has 1 saturated heterocycles. The highest BCUT2D eigenvalue weighted by Crippen LogP contribution is 2.18. The van der Waals surface area contributed by atoms with Crippen LogP contribution in [0.2, 0.25) is 0 Å². The predicted molar refractivity (Wildman–Crippen MR) is 69.8 cm³/mol. The second kappa shape index (κ2) is 7.08. The van der Waals surface area contributed by atoms with Crippen molar-refractivity contribution in [2.75, 3.05) is 26.3 Å². The molecule has 0 saturated carbocycles. The lowest BCUT2D eigenvalue weighted by molar-refractivity contribution is 0.00468. The minimum Gasteiger partial charge on any atom is -0.379 e. The van der Waals surface area contributed by atoms with Crippen molar-refractivity contribution in [3.63, 3.8) is 0 Å². The molecule has 1 fully saturated rings. The summed E-state index contributed by atoms with van der Waals surface area (Å²) in [5.41, 5.74) is 0.190. The fraction of sp³-hybridized carbons (Fsp3) is 0.857. The van der Waals surface area contributed by atoms with Gasteiger partial charge in [0.1, 0.15) is 0 Å². The molecule has 0 radical (unpaired) electrons. The molecule has 0 amide bonds. The quantitative estimate of drug-likeness (QED) is 0.508. The molecule has 2 heteroatoms. The van der Waals surface area contributed by atoms with Crippen LogP contribution in [0.25, 0.3) is 0 Å². The van der Waals surface area contributed by atoms with Gasteiger partial charge in [-0.2, -0.15) is 0 Å². The molecule has 0 unspecified atom stereocenters. The van der Waals surface area contributed by atoms with Gasteiger partial charge in [-0.15, -0.1) is 0 Å². The summed E-state index contributed by atoms with van der Waals surface area (Å²) in [6, 6.07) is 0. The molecule has 2 nitrogen and oxygen atoms in total. The van der Waals surface area contributed by atoms with Crippen molar-refractivity contribution in [1.29, 1.82) is 0 Å². The number of ether oxygens (including phenoxy) is 1. The first-order valence-electron chi connectivity index (χ1n) is 6.67. The maximum absolute atomic E-state index is 5.39. The third kappa shape index (κ3) is 4.67. The number of hydrogen-bond acceptors (Lipinski definition) is 2. The normalized spacial score (nSPS) is 19.4. The van der Waals surface area contributed by atoms with Crippen LogP contribution in [0.1, 0.15) is 46.5 Å². The first-order valence-corrected chi connectivity index (χ1v) is 6.67. The van der Waals surface area contributed by atoms with Crippen LogP contribution in [0.4, 0.5) is 0 Å². The van der Waals surface area contributed by atoms with Crippen LogP contribution in [-0.2, 0) is 4.74 Å². The van der Waals surface area contributed by atoms with Crippen molar-refractivity contribution in [1.82, 2.24) is 4.90 Å². The molecule has 0 aromatic carbocycles. The van der Waals surface area contributed by atoms with E-state index >= 15 is 0 Å². The Bertz CT molecular complexity index is 205. The lowest BCUT2D eigenvalue weighted by Crippen LogP contribution is -2.48. The molecule has 0 aromatic rings. The summed E-state index contributed by atoms with van der Waals surface area (Å²) >= 11 is 0. The molecule has 0 spiro atoms. The molecule has 0 atom stereocenters. The second-order valence-corrected chi connectivity index (χ2v) is 5.15. The van der Waals surface area contributed by atoms with Crippen molar-refractivity contribution in [2.24, 2.45) is 0 Å². The van der Waals surface area contributed by atoms with Gasteiger partial charge in [0, 0.05) is 18.6 Å². The van der Waals surface area contributed by atoms with E-state index in [1.165, 1.54) is 25.7 Å². The van der Waals surface area contributed by atoms with E-state index in [0.717, 1.165) is 26.3 Å². The van der Waals surface area contributed by atoms with E-state index in [0.29, 0.717) is 0 Å². The van der Waals surface area contributed by atoms with Gasteiger partial charge in [-0.25, -0.2) is 0 Å². The Morgan fingerprint density at radius 3 is 2.50 bits per heavy atom. The van der Waals surface area contributed by atoms with E-state index in [-0.39, 0.29) is 5.54 Å². The van der Waals surface area contributed by atoms with E-state index in [1.807, 2.05) is 0 Å². The van der Waals surface area contributed by atoms with Gasteiger partial charge in [0.25, 0.3) is 0 Å². The average Bonchev–Trinajstić information content (AvgIpc) is 2.30. The van der Waals surface area contributed by atoms with Crippen LogP contribution in [-0.4, -0.2) is 36.7 Å². The van der Waals surface area contributed by atoms with Gasteiger partial charge < -0.3 is 4.74 Å². The molecular weight excluding hydrogens is 198 g/mol. The maximum Gasteiger partial charge on any atom is 0.0594 e. The number of rotatable bonds is 6. The molecule has 94 valence electrons. The van der Waals surface area contributed by atoms with Crippen LogP contribution in [0.15, 0.2) is 12.2 Å². The van der Waals surface area contributed by atoms with Crippen molar-refractivity contribution in [2.45, 2.75) is 52.0 Å². The van der Waals surface area contributed by atoms with Gasteiger partial charge in [-0.3, -0.25) is 4.90 Å². The fourth-order valence-electron chi connectivity index (χ4n) is 2.13. The Morgan fingerprint density at radius 2 is 1.88 bits per heavy atom. The minimum absolute atomic E-state index is 0.190. The molecular formula is C14H27NO. The molecule has 0 aliphatic carbocycles. The van der Waals surface area contributed by atoms with Crippen LogP contribution < -0.4 is 0 Å². The van der Waals surface area contributed by atoms with E-state index in [9.17, 15) is 0 Å². The topological polar surface area (TPSA) is 12.5 Å². The van der Waals surface area contributed by atoms with Gasteiger partial charge in [0.2, 0.25) is 0 Å². The van der Waals surface area contributed by atoms with Crippen molar-refractivity contribution in [3.05, 3.63) is 12.2 Å². The Labute approximate surface area is 101 Å². The lowest BCUT2D eigenvalue weighted by atomic mass is 10.0. The van der Waals surface area contributed by atoms with E-state index in [2.05, 4.69) is 37.8 Å². The molecule has 1 aliphatic heterocycles. The van der Waals surface area contributed by atoms with Crippen molar-refractivity contribution >= 4 is 0 Å². The molecule has 16 heavy (non-hydrogen) atoms. The first kappa shape index (κ1) is 13.7. The van der Waals surface area contributed by atoms with E-state index in [1.54, 1.807) is 0 Å². The third-order valence-electron chi connectivity index (χ3n) is 3.33. The molecule has 1 rings (SSSR count). The average molecular weight is 225 g/mol. The summed E-state index contributed by atoms with van der Waals surface area (Å²) in [4.78, 5) is 2.51. The number of morpholine rings is 1. The smallest absolute Gasteiger partial charge is 0.0594 e. The molecule has 0 N–H and O–H groups in total. The summed E-state index contributed by atoms with van der Waals surface area (Å²) < 4.78 is 5.39. The zero-order valence-corrected chi connectivity index (χ0v) is 11.2. The maximum atomic E-state index is 5.39. The highest BCUT2D eigenvalue weighted by Gasteiger charge is 2.24. The molecule has 1 heterocycles. The molecule has 0 bridgehead atoms. The van der Waals surface area contributed by atoms with E-state index in [4.69, 9.17) is 4.74 Å². The summed E-state index contributed by atoms with van der Waals surface area (Å²) in [7, 11) is 0. The van der Waals surface area contributed by atoms with Crippen LogP contribution >= 0.6 is 0 Å². The van der Waals surface area contributed by atoms with Gasteiger partial charge in [-0.1, -0.05) is 31.9 Å². The van der Waals surface area contributed by atoms with Gasteiger partial charge in [-0.05, 0) is 26.7 Å². The Kier molecular flexibility index (Phi) is 6.07. The number of hydrogen-bond donors (Lipinski definition) is 0. The van der Waals surface area contributed by atoms with Gasteiger partial charge >= 0.3 is 0 Å². The Morgan fingerprint density at radius 1 is 1.19 bits per heavy atom. The summed E-state index contributed by atoms with van der Waals surface area (Å²) in [6.07, 6.45) is 9.93. The second-order valence-electron chi connectivity index (χ2n) is 5.15. The fourth-order valence-corrected chi connectivity index (χ4v) is 2.13. The number of allylic oxidation sites excluding steroid dienone is 1. The van der Waals surface area contributed by atoms with Crippen LogP contribution in [0.5, 0.6) is 0 Å². The van der Waals surface area contributed by atoms with Gasteiger partial charge in [0.05, 0.1) is 13.2 Å². The largest absolute Gasteiger partial charge is 0.379 e. The van der Waals surface area contributed by atoms with Crippen LogP contribution in [0.3, 0.4) is 0 Å². The SMILES string of the molecule is CCCCCC=CC(C)(C)N1CCOCC1. The van der Waals surface area contributed by atoms with Crippen LogP contribution in [0, 0.1) is 0 Å². The highest BCUT2D eigenvalue weighted by molar-refractivity contribution is 5.02. The van der Waals surface area contributed by atoms with Crippen molar-refractivity contribution < 1.29 is 4.74 Å². The zero-order valence-electron chi connectivity index (χ0n) is 11.2. The molecule has 0 aromatic heterocycles.